The Labute approximate surface area is 138 Å². The molecule has 0 fully saturated rings. The number of carbonyl (C=O) groups is 1. The number of furan rings is 1. The molecule has 0 saturated heterocycles. The smallest absolute Gasteiger partial charge is 0.449 e. The quantitative estimate of drug-likeness (QED) is 0.559. The molecule has 0 bridgehead atoms. The third kappa shape index (κ3) is 2.82. The first kappa shape index (κ1) is 15.3. The van der Waals surface area contributed by atoms with Crippen molar-refractivity contribution in [3.8, 4) is 0 Å². The number of imidazole rings is 1. The van der Waals surface area contributed by atoms with Gasteiger partial charge in [0.2, 0.25) is 5.82 Å². The zero-order valence-corrected chi connectivity index (χ0v) is 12.5. The first-order valence-electron chi connectivity index (χ1n) is 7.27. The van der Waals surface area contributed by atoms with Gasteiger partial charge in [0.05, 0.1) is 11.0 Å². The summed E-state index contributed by atoms with van der Waals surface area (Å²) in [5, 5.41) is 3.38. The summed E-state index contributed by atoms with van der Waals surface area (Å²) in [6.45, 7) is 0. The molecular weight excluding hydrogens is 335 g/mol. The van der Waals surface area contributed by atoms with E-state index in [-0.39, 0.29) is 16.8 Å². The lowest BCUT2D eigenvalue weighted by molar-refractivity contribution is -0.144. The second-order valence-corrected chi connectivity index (χ2v) is 5.42. The van der Waals surface area contributed by atoms with Crippen molar-refractivity contribution in [1.82, 2.24) is 9.97 Å². The van der Waals surface area contributed by atoms with Gasteiger partial charge in [0, 0.05) is 11.1 Å². The van der Waals surface area contributed by atoms with E-state index in [1.54, 1.807) is 18.2 Å². The average Bonchev–Trinajstić information content (AvgIpc) is 3.18. The zero-order chi connectivity index (χ0) is 17.6. The monoisotopic (exact) mass is 345 g/mol. The van der Waals surface area contributed by atoms with Crippen LogP contribution in [0, 0.1) is 0 Å². The van der Waals surface area contributed by atoms with Crippen LogP contribution in [0.4, 0.5) is 18.9 Å². The van der Waals surface area contributed by atoms with E-state index in [1.807, 2.05) is 12.1 Å². The van der Waals surface area contributed by atoms with Gasteiger partial charge < -0.3 is 14.7 Å². The molecule has 2 aromatic heterocycles. The van der Waals surface area contributed by atoms with Gasteiger partial charge in [-0.15, -0.1) is 0 Å². The maximum atomic E-state index is 12.7. The number of hydrogen-bond donors (Lipinski definition) is 2. The number of nitrogens with one attached hydrogen (secondary N) is 2. The number of para-hydroxylation sites is 1. The number of rotatable bonds is 2. The predicted octanol–water partition coefficient (Wildman–Crippen LogP) is 4.58. The Morgan fingerprint density at radius 2 is 1.92 bits per heavy atom. The molecule has 2 N–H and O–H groups in total. The Bertz CT molecular complexity index is 1060. The summed E-state index contributed by atoms with van der Waals surface area (Å²) in [6, 6.07) is 13.0. The molecule has 4 rings (SSSR count). The van der Waals surface area contributed by atoms with Gasteiger partial charge in [0.25, 0.3) is 5.91 Å². The molecule has 4 aromatic rings. The van der Waals surface area contributed by atoms with Crippen LogP contribution in [-0.4, -0.2) is 15.9 Å². The van der Waals surface area contributed by atoms with Gasteiger partial charge in [-0.2, -0.15) is 13.2 Å². The van der Waals surface area contributed by atoms with E-state index in [0.29, 0.717) is 11.3 Å². The first-order chi connectivity index (χ1) is 11.9. The van der Waals surface area contributed by atoms with Crippen LogP contribution in [-0.2, 0) is 6.18 Å². The maximum absolute atomic E-state index is 12.7. The van der Waals surface area contributed by atoms with Gasteiger partial charge in [0.15, 0.2) is 5.76 Å². The topological polar surface area (TPSA) is 70.9 Å². The fraction of sp³-hybridized carbons (Fsp3) is 0.0588. The Balaban J connectivity index is 1.62. The lowest BCUT2D eigenvalue weighted by atomic mass is 10.2. The van der Waals surface area contributed by atoms with Gasteiger partial charge in [-0.1, -0.05) is 18.2 Å². The summed E-state index contributed by atoms with van der Waals surface area (Å²) in [5.41, 5.74) is 1.24. The highest BCUT2D eigenvalue weighted by Gasteiger charge is 2.34. The molecule has 25 heavy (non-hydrogen) atoms. The van der Waals surface area contributed by atoms with Crippen LogP contribution in [0.2, 0.25) is 0 Å². The number of alkyl halides is 3. The van der Waals surface area contributed by atoms with Crippen molar-refractivity contribution in [3.63, 3.8) is 0 Å². The van der Waals surface area contributed by atoms with Gasteiger partial charge in [-0.25, -0.2) is 4.98 Å². The number of fused-ring (bicyclic) bond motifs is 2. The highest BCUT2D eigenvalue weighted by atomic mass is 19.4. The molecule has 0 saturated carbocycles. The normalized spacial score (nSPS) is 12.0. The number of aromatic amines is 1. The van der Waals surface area contributed by atoms with Gasteiger partial charge in [-0.05, 0) is 30.3 Å². The summed E-state index contributed by atoms with van der Waals surface area (Å²) in [4.78, 5) is 18.0. The molecule has 0 unspecified atom stereocenters. The summed E-state index contributed by atoms with van der Waals surface area (Å²) in [6.07, 6.45) is -4.56. The number of nitrogens with zero attached hydrogens (tertiary/aromatic N) is 1. The fourth-order valence-corrected chi connectivity index (χ4v) is 2.51. The number of H-pyrrole nitrogens is 1. The SMILES string of the molecule is O=C(Nc1ccc2nc(C(F)(F)F)[nH]c2c1)c1cc2ccccc2o1. The standard InChI is InChI=1S/C17H10F3N3O2/c18-17(19,20)16-22-11-6-5-10(8-12(11)23-16)21-15(24)14-7-9-3-1-2-4-13(9)25-14/h1-8H,(H,21,24)(H,22,23). The van der Waals surface area contributed by atoms with Gasteiger partial charge in [-0.3, -0.25) is 4.79 Å². The van der Waals surface area contributed by atoms with Gasteiger partial charge in [0.1, 0.15) is 5.58 Å². The molecule has 0 aliphatic carbocycles. The third-order valence-electron chi connectivity index (χ3n) is 3.66. The van der Waals surface area contributed by atoms with E-state index in [2.05, 4.69) is 15.3 Å². The molecule has 1 amide bonds. The molecular formula is C17H10F3N3O2. The second-order valence-electron chi connectivity index (χ2n) is 5.42. The highest BCUT2D eigenvalue weighted by Crippen LogP contribution is 2.29. The molecule has 5 nitrogen and oxygen atoms in total. The first-order valence-corrected chi connectivity index (χ1v) is 7.27. The molecule has 0 atom stereocenters. The maximum Gasteiger partial charge on any atom is 0.449 e. The lowest BCUT2D eigenvalue weighted by Gasteiger charge is -2.02. The van der Waals surface area contributed by atoms with E-state index in [4.69, 9.17) is 4.42 Å². The Morgan fingerprint density at radius 3 is 2.68 bits per heavy atom. The number of aromatic nitrogens is 2. The van der Waals surface area contributed by atoms with Crippen LogP contribution in [0.15, 0.2) is 52.9 Å². The highest BCUT2D eigenvalue weighted by molar-refractivity contribution is 6.05. The Hall–Kier alpha value is -3.29. The minimum atomic E-state index is -4.56. The molecule has 2 heterocycles. The van der Waals surface area contributed by atoms with Crippen molar-refractivity contribution in [1.29, 1.82) is 0 Å². The Kier molecular flexibility index (Phi) is 3.28. The number of amides is 1. The summed E-state index contributed by atoms with van der Waals surface area (Å²) in [5.74, 6) is -1.46. The van der Waals surface area contributed by atoms with E-state index in [0.717, 1.165) is 5.39 Å². The van der Waals surface area contributed by atoms with E-state index >= 15 is 0 Å². The summed E-state index contributed by atoms with van der Waals surface area (Å²) in [7, 11) is 0. The van der Waals surface area contributed by atoms with Crippen molar-refractivity contribution in [3.05, 3.63) is 60.1 Å². The molecule has 8 heteroatoms. The minimum absolute atomic E-state index is 0.113. The van der Waals surface area contributed by atoms with Crippen LogP contribution in [0.1, 0.15) is 16.4 Å². The van der Waals surface area contributed by atoms with E-state index in [1.165, 1.54) is 18.2 Å². The van der Waals surface area contributed by atoms with Crippen LogP contribution < -0.4 is 5.32 Å². The van der Waals surface area contributed by atoms with Crippen LogP contribution >= 0.6 is 0 Å². The van der Waals surface area contributed by atoms with E-state index < -0.39 is 17.9 Å². The van der Waals surface area contributed by atoms with Crippen molar-refractivity contribution < 1.29 is 22.4 Å². The van der Waals surface area contributed by atoms with Gasteiger partial charge >= 0.3 is 6.18 Å². The van der Waals surface area contributed by atoms with Crippen LogP contribution in [0.25, 0.3) is 22.0 Å². The summed E-state index contributed by atoms with van der Waals surface area (Å²) >= 11 is 0. The minimum Gasteiger partial charge on any atom is -0.451 e. The Morgan fingerprint density at radius 1 is 1.12 bits per heavy atom. The zero-order valence-electron chi connectivity index (χ0n) is 12.5. The molecule has 0 aliphatic rings. The van der Waals surface area contributed by atoms with Crippen LogP contribution in [0.5, 0.6) is 0 Å². The lowest BCUT2D eigenvalue weighted by Crippen LogP contribution is -2.10. The molecule has 2 aromatic carbocycles. The number of benzene rings is 2. The average molecular weight is 345 g/mol. The summed E-state index contributed by atoms with van der Waals surface area (Å²) < 4.78 is 43.5. The number of anilines is 1. The molecule has 0 spiro atoms. The van der Waals surface area contributed by atoms with Crippen molar-refractivity contribution >= 4 is 33.6 Å². The third-order valence-corrected chi connectivity index (χ3v) is 3.66. The number of hydrogen-bond acceptors (Lipinski definition) is 3. The van der Waals surface area contributed by atoms with Crippen molar-refractivity contribution in [2.75, 3.05) is 5.32 Å². The molecule has 126 valence electrons. The second kappa shape index (κ2) is 5.37. The van der Waals surface area contributed by atoms with Crippen LogP contribution in [0.3, 0.4) is 0 Å². The predicted molar refractivity (Wildman–Crippen MR) is 85.3 cm³/mol. The number of carbonyl (C=O) groups excluding carboxylic acids is 1. The van der Waals surface area contributed by atoms with Crippen molar-refractivity contribution in [2.24, 2.45) is 0 Å². The number of halogens is 3. The molecule has 0 radical (unpaired) electrons. The fourth-order valence-electron chi connectivity index (χ4n) is 2.51. The van der Waals surface area contributed by atoms with E-state index in [9.17, 15) is 18.0 Å². The largest absolute Gasteiger partial charge is 0.451 e. The van der Waals surface area contributed by atoms with Crippen molar-refractivity contribution in [2.45, 2.75) is 6.18 Å². The molecule has 0 aliphatic heterocycles.